The third-order valence-electron chi connectivity index (χ3n) is 6.12. The lowest BCUT2D eigenvalue weighted by Gasteiger charge is -2.26. The van der Waals surface area contributed by atoms with Gasteiger partial charge in [-0.05, 0) is 73.5 Å². The standard InChI is InChI=1S/C30H32N4/c1-5-9-25(10-6-2)33(4)26-13-15-27(16-14-26)34(28-17-20-31-21-18-28)22-19-24-23-32(3)30-12-8-7-11-29(24)30/h5-18,20-21,23H,1,19,22H2,2-4H3/b10-6-,25-9+. The Bertz CT molecular complexity index is 1300. The van der Waals surface area contributed by atoms with Crippen molar-refractivity contribution < 1.29 is 0 Å². The lowest BCUT2D eigenvalue weighted by atomic mass is 10.1. The molecule has 0 aliphatic carbocycles. The Morgan fingerprint density at radius 2 is 1.65 bits per heavy atom. The highest BCUT2D eigenvalue weighted by Gasteiger charge is 2.13. The number of aromatic nitrogens is 2. The highest BCUT2D eigenvalue weighted by molar-refractivity contribution is 5.84. The number of likely N-dealkylation sites (N-methyl/N-ethyl adjacent to an activating group) is 1. The minimum atomic E-state index is 0.868. The number of para-hydroxylation sites is 1. The van der Waals surface area contributed by atoms with Crippen LogP contribution in [0.1, 0.15) is 12.5 Å². The molecule has 2 heterocycles. The summed E-state index contributed by atoms with van der Waals surface area (Å²) in [5.74, 6) is 0. The maximum atomic E-state index is 4.22. The Morgan fingerprint density at radius 3 is 2.35 bits per heavy atom. The van der Waals surface area contributed by atoms with Crippen LogP contribution in [0.4, 0.5) is 17.1 Å². The highest BCUT2D eigenvalue weighted by atomic mass is 15.1. The van der Waals surface area contributed by atoms with Crippen molar-refractivity contribution >= 4 is 28.0 Å². The van der Waals surface area contributed by atoms with Gasteiger partial charge in [-0.1, -0.05) is 36.9 Å². The molecule has 0 aliphatic heterocycles. The fraction of sp³-hybridized carbons (Fsp3) is 0.167. The van der Waals surface area contributed by atoms with Crippen molar-refractivity contribution in [1.82, 2.24) is 9.55 Å². The van der Waals surface area contributed by atoms with E-state index in [4.69, 9.17) is 0 Å². The summed E-state index contributed by atoms with van der Waals surface area (Å²) in [6.45, 7) is 6.74. The Morgan fingerprint density at radius 1 is 0.971 bits per heavy atom. The van der Waals surface area contributed by atoms with E-state index >= 15 is 0 Å². The van der Waals surface area contributed by atoms with Crippen LogP contribution in [-0.2, 0) is 13.5 Å². The summed E-state index contributed by atoms with van der Waals surface area (Å²) in [5.41, 5.74) is 7.14. The van der Waals surface area contributed by atoms with Crippen LogP contribution in [-0.4, -0.2) is 23.1 Å². The van der Waals surface area contributed by atoms with Gasteiger partial charge >= 0.3 is 0 Å². The number of rotatable bonds is 9. The Kier molecular flexibility index (Phi) is 7.28. The fourth-order valence-corrected chi connectivity index (χ4v) is 4.36. The zero-order chi connectivity index (χ0) is 23.9. The molecule has 34 heavy (non-hydrogen) atoms. The van der Waals surface area contributed by atoms with Gasteiger partial charge in [-0.3, -0.25) is 4.98 Å². The van der Waals surface area contributed by atoms with E-state index in [0.29, 0.717) is 0 Å². The second kappa shape index (κ2) is 10.7. The third-order valence-corrected chi connectivity index (χ3v) is 6.12. The molecule has 0 spiro atoms. The largest absolute Gasteiger partial charge is 0.350 e. The Balaban J connectivity index is 1.61. The molecule has 2 aromatic heterocycles. The summed E-state index contributed by atoms with van der Waals surface area (Å²) < 4.78 is 2.21. The molecule has 4 rings (SSSR count). The van der Waals surface area contributed by atoms with Crippen LogP contribution in [0, 0.1) is 0 Å². The van der Waals surface area contributed by atoms with Gasteiger partial charge in [-0.2, -0.15) is 0 Å². The van der Waals surface area contributed by atoms with Crippen molar-refractivity contribution in [2.75, 3.05) is 23.4 Å². The first kappa shape index (κ1) is 23.1. The van der Waals surface area contributed by atoms with E-state index in [0.717, 1.165) is 35.7 Å². The maximum Gasteiger partial charge on any atom is 0.0480 e. The van der Waals surface area contributed by atoms with E-state index in [2.05, 4.69) is 113 Å². The molecule has 4 aromatic rings. The van der Waals surface area contributed by atoms with Crippen molar-refractivity contribution in [2.45, 2.75) is 13.3 Å². The van der Waals surface area contributed by atoms with E-state index in [1.807, 2.05) is 37.5 Å². The number of aryl methyl sites for hydroxylation is 1. The van der Waals surface area contributed by atoms with Gasteiger partial charge < -0.3 is 14.4 Å². The first-order valence-electron chi connectivity index (χ1n) is 11.6. The average molecular weight is 449 g/mol. The first-order valence-corrected chi connectivity index (χ1v) is 11.6. The minimum absolute atomic E-state index is 0.868. The molecule has 0 amide bonds. The van der Waals surface area contributed by atoms with Crippen LogP contribution in [0.2, 0.25) is 0 Å². The van der Waals surface area contributed by atoms with Crippen LogP contribution < -0.4 is 9.80 Å². The smallest absolute Gasteiger partial charge is 0.0480 e. The van der Waals surface area contributed by atoms with Crippen molar-refractivity contribution in [3.63, 3.8) is 0 Å². The van der Waals surface area contributed by atoms with Crippen molar-refractivity contribution in [1.29, 1.82) is 0 Å². The Labute approximate surface area is 202 Å². The second-order valence-corrected chi connectivity index (χ2v) is 8.29. The number of nitrogens with zero attached hydrogens (tertiary/aromatic N) is 4. The predicted molar refractivity (Wildman–Crippen MR) is 146 cm³/mol. The SMILES string of the molecule is C=C/C=C(\C=C/C)N(C)c1ccc(N(CCc2cn(C)c3ccccc23)c2ccncc2)cc1. The summed E-state index contributed by atoms with van der Waals surface area (Å²) in [5, 5.41) is 1.32. The monoisotopic (exact) mass is 448 g/mol. The number of hydrogen-bond acceptors (Lipinski definition) is 3. The first-order chi connectivity index (χ1) is 16.6. The zero-order valence-corrected chi connectivity index (χ0v) is 20.2. The molecule has 0 bridgehead atoms. The molecule has 4 nitrogen and oxygen atoms in total. The lowest BCUT2D eigenvalue weighted by Crippen LogP contribution is -2.20. The summed E-state index contributed by atoms with van der Waals surface area (Å²) in [4.78, 5) is 8.74. The summed E-state index contributed by atoms with van der Waals surface area (Å²) in [6.07, 6.45) is 14.9. The van der Waals surface area contributed by atoms with Gasteiger partial charge in [0.1, 0.15) is 0 Å². The van der Waals surface area contributed by atoms with Gasteiger partial charge in [-0.25, -0.2) is 0 Å². The Hall–Kier alpha value is -4.05. The minimum Gasteiger partial charge on any atom is -0.350 e. The summed E-state index contributed by atoms with van der Waals surface area (Å²) in [6, 6.07) is 21.5. The lowest BCUT2D eigenvalue weighted by molar-refractivity contribution is 0.899. The topological polar surface area (TPSA) is 24.3 Å². The molecule has 0 saturated heterocycles. The predicted octanol–water partition coefficient (Wildman–Crippen LogP) is 7.04. The van der Waals surface area contributed by atoms with Crippen molar-refractivity contribution in [2.24, 2.45) is 7.05 Å². The number of pyridine rings is 1. The van der Waals surface area contributed by atoms with Gasteiger partial charge in [0.2, 0.25) is 0 Å². The number of benzene rings is 2. The third kappa shape index (κ3) is 4.96. The van der Waals surface area contributed by atoms with E-state index in [9.17, 15) is 0 Å². The quantitative estimate of drug-likeness (QED) is 0.257. The van der Waals surface area contributed by atoms with Crippen LogP contribution in [0.3, 0.4) is 0 Å². The molecule has 0 atom stereocenters. The van der Waals surface area contributed by atoms with E-state index in [1.54, 1.807) is 0 Å². The molecular formula is C30H32N4. The van der Waals surface area contributed by atoms with Crippen LogP contribution in [0.25, 0.3) is 10.9 Å². The normalized spacial score (nSPS) is 11.8. The second-order valence-electron chi connectivity index (χ2n) is 8.29. The maximum absolute atomic E-state index is 4.22. The van der Waals surface area contributed by atoms with Gasteiger partial charge in [0.05, 0.1) is 0 Å². The molecule has 0 N–H and O–H groups in total. The van der Waals surface area contributed by atoms with E-state index in [1.165, 1.54) is 16.5 Å². The zero-order valence-electron chi connectivity index (χ0n) is 20.2. The molecule has 0 radical (unpaired) electrons. The van der Waals surface area contributed by atoms with E-state index < -0.39 is 0 Å². The molecule has 172 valence electrons. The van der Waals surface area contributed by atoms with Crippen LogP contribution >= 0.6 is 0 Å². The molecular weight excluding hydrogens is 416 g/mol. The van der Waals surface area contributed by atoms with Gasteiger partial charge in [0, 0.05) is 72.9 Å². The number of fused-ring (bicyclic) bond motifs is 1. The van der Waals surface area contributed by atoms with Gasteiger partial charge in [0.15, 0.2) is 0 Å². The van der Waals surface area contributed by atoms with E-state index in [-0.39, 0.29) is 0 Å². The molecule has 0 saturated carbocycles. The molecule has 0 aliphatic rings. The molecule has 4 heteroatoms. The van der Waals surface area contributed by atoms with Crippen LogP contribution in [0.5, 0.6) is 0 Å². The summed E-state index contributed by atoms with van der Waals surface area (Å²) in [7, 11) is 4.19. The number of anilines is 3. The van der Waals surface area contributed by atoms with Crippen molar-refractivity contribution in [3.05, 3.63) is 121 Å². The number of allylic oxidation sites excluding steroid dienone is 4. The molecule has 2 aromatic carbocycles. The van der Waals surface area contributed by atoms with Gasteiger partial charge in [0.25, 0.3) is 0 Å². The van der Waals surface area contributed by atoms with Crippen molar-refractivity contribution in [3.8, 4) is 0 Å². The fourth-order valence-electron chi connectivity index (χ4n) is 4.36. The summed E-state index contributed by atoms with van der Waals surface area (Å²) >= 11 is 0. The molecule has 0 fully saturated rings. The van der Waals surface area contributed by atoms with Crippen LogP contribution in [0.15, 0.2) is 116 Å². The highest BCUT2D eigenvalue weighted by Crippen LogP contribution is 2.29. The molecule has 0 unspecified atom stereocenters. The van der Waals surface area contributed by atoms with Gasteiger partial charge in [-0.15, -0.1) is 0 Å². The average Bonchev–Trinajstić information content (AvgIpc) is 3.20. The number of hydrogen-bond donors (Lipinski definition) is 0.